The highest BCUT2D eigenvalue weighted by Crippen LogP contribution is 2.01. The SMILES string of the molecule is CC(O)CNC(=O)Nc1ccnn1C. The second-order valence-electron chi connectivity index (χ2n) is 3.02. The van der Waals surface area contributed by atoms with Gasteiger partial charge in [0.2, 0.25) is 0 Å². The van der Waals surface area contributed by atoms with Gasteiger partial charge in [-0.3, -0.25) is 10.00 Å². The summed E-state index contributed by atoms with van der Waals surface area (Å²) in [5, 5.41) is 17.9. The number of urea groups is 1. The Bertz CT molecular complexity index is 308. The number of amides is 2. The minimum Gasteiger partial charge on any atom is -0.392 e. The molecule has 0 aromatic carbocycles. The summed E-state index contributed by atoms with van der Waals surface area (Å²) in [6, 6.07) is 1.33. The van der Waals surface area contributed by atoms with E-state index >= 15 is 0 Å². The molecule has 0 aliphatic heterocycles. The van der Waals surface area contributed by atoms with Crippen molar-refractivity contribution < 1.29 is 9.90 Å². The third-order valence-electron chi connectivity index (χ3n) is 1.62. The van der Waals surface area contributed by atoms with Crippen LogP contribution in [-0.2, 0) is 7.05 Å². The normalized spacial score (nSPS) is 12.2. The minimum atomic E-state index is -0.549. The van der Waals surface area contributed by atoms with Crippen molar-refractivity contribution in [1.82, 2.24) is 15.1 Å². The molecule has 6 heteroatoms. The molecule has 0 fully saturated rings. The number of aliphatic hydroxyl groups excluding tert-OH is 1. The van der Waals surface area contributed by atoms with E-state index in [2.05, 4.69) is 15.7 Å². The quantitative estimate of drug-likeness (QED) is 0.635. The van der Waals surface area contributed by atoms with Gasteiger partial charge in [0.05, 0.1) is 12.3 Å². The molecule has 0 saturated heterocycles. The molecule has 2 amide bonds. The molecule has 0 spiro atoms. The smallest absolute Gasteiger partial charge is 0.320 e. The number of aliphatic hydroxyl groups is 1. The first kappa shape index (κ1) is 10.5. The van der Waals surface area contributed by atoms with E-state index in [1.807, 2.05) is 0 Å². The fourth-order valence-electron chi connectivity index (χ4n) is 0.897. The molecule has 78 valence electrons. The maximum atomic E-state index is 11.2. The maximum absolute atomic E-state index is 11.2. The number of carbonyl (C=O) groups excluding carboxylic acids is 1. The van der Waals surface area contributed by atoms with Crippen LogP contribution in [0.15, 0.2) is 12.3 Å². The number of hydrogen-bond donors (Lipinski definition) is 3. The van der Waals surface area contributed by atoms with Crippen LogP contribution < -0.4 is 10.6 Å². The second-order valence-corrected chi connectivity index (χ2v) is 3.02. The number of nitrogens with zero attached hydrogens (tertiary/aromatic N) is 2. The summed E-state index contributed by atoms with van der Waals surface area (Å²) in [6.45, 7) is 1.83. The van der Waals surface area contributed by atoms with Crippen molar-refractivity contribution in [3.8, 4) is 0 Å². The van der Waals surface area contributed by atoms with E-state index in [4.69, 9.17) is 5.11 Å². The van der Waals surface area contributed by atoms with Gasteiger partial charge in [-0.15, -0.1) is 0 Å². The lowest BCUT2D eigenvalue weighted by atomic mass is 10.4. The van der Waals surface area contributed by atoms with Crippen molar-refractivity contribution in [2.24, 2.45) is 7.05 Å². The van der Waals surface area contributed by atoms with Gasteiger partial charge in [0.25, 0.3) is 0 Å². The summed E-state index contributed by atoms with van der Waals surface area (Å²) in [5.41, 5.74) is 0. The van der Waals surface area contributed by atoms with Gasteiger partial charge in [0, 0.05) is 19.7 Å². The molecule has 1 atom stereocenters. The van der Waals surface area contributed by atoms with Gasteiger partial charge in [0.1, 0.15) is 5.82 Å². The summed E-state index contributed by atoms with van der Waals surface area (Å²) in [7, 11) is 1.73. The highest BCUT2D eigenvalue weighted by molar-refractivity contribution is 5.88. The van der Waals surface area contributed by atoms with Crippen LogP contribution in [0.25, 0.3) is 0 Å². The Labute approximate surface area is 81.9 Å². The van der Waals surface area contributed by atoms with Gasteiger partial charge >= 0.3 is 6.03 Å². The van der Waals surface area contributed by atoms with E-state index in [9.17, 15) is 4.79 Å². The molecular weight excluding hydrogens is 184 g/mol. The van der Waals surface area contributed by atoms with Gasteiger partial charge in [-0.25, -0.2) is 4.79 Å². The van der Waals surface area contributed by atoms with Crippen LogP contribution in [0.5, 0.6) is 0 Å². The van der Waals surface area contributed by atoms with Gasteiger partial charge in [-0.05, 0) is 6.92 Å². The second kappa shape index (κ2) is 4.61. The average molecular weight is 198 g/mol. The Balaban J connectivity index is 2.38. The Morgan fingerprint density at radius 1 is 1.79 bits per heavy atom. The van der Waals surface area contributed by atoms with Crippen LogP contribution in [0.2, 0.25) is 0 Å². The lowest BCUT2D eigenvalue weighted by Crippen LogP contribution is -2.34. The Kier molecular flexibility index (Phi) is 3.47. The first-order valence-corrected chi connectivity index (χ1v) is 4.30. The maximum Gasteiger partial charge on any atom is 0.320 e. The number of hydrogen-bond acceptors (Lipinski definition) is 3. The third kappa shape index (κ3) is 3.06. The predicted molar refractivity (Wildman–Crippen MR) is 51.9 cm³/mol. The molecule has 3 N–H and O–H groups in total. The number of carbonyl (C=O) groups is 1. The molecule has 1 aromatic heterocycles. The first-order valence-electron chi connectivity index (χ1n) is 4.30. The summed E-state index contributed by atoms with van der Waals surface area (Å²) < 4.78 is 1.54. The molecule has 0 aliphatic rings. The van der Waals surface area contributed by atoms with Crippen molar-refractivity contribution in [3.05, 3.63) is 12.3 Å². The number of aromatic nitrogens is 2. The lowest BCUT2D eigenvalue weighted by Gasteiger charge is -2.08. The zero-order valence-corrected chi connectivity index (χ0v) is 8.19. The number of aryl methyl sites for hydroxylation is 1. The van der Waals surface area contributed by atoms with E-state index < -0.39 is 6.10 Å². The lowest BCUT2D eigenvalue weighted by molar-refractivity contribution is 0.190. The van der Waals surface area contributed by atoms with Gasteiger partial charge < -0.3 is 10.4 Å². The van der Waals surface area contributed by atoms with Crippen LogP contribution in [0, 0.1) is 0 Å². The molecule has 6 nitrogen and oxygen atoms in total. The van der Waals surface area contributed by atoms with E-state index in [0.717, 1.165) is 0 Å². The fourth-order valence-corrected chi connectivity index (χ4v) is 0.897. The van der Waals surface area contributed by atoms with Crippen molar-refractivity contribution in [3.63, 3.8) is 0 Å². The number of rotatable bonds is 3. The van der Waals surface area contributed by atoms with Crippen LogP contribution >= 0.6 is 0 Å². The zero-order chi connectivity index (χ0) is 10.6. The Morgan fingerprint density at radius 2 is 2.50 bits per heavy atom. The summed E-state index contributed by atoms with van der Waals surface area (Å²) in [4.78, 5) is 11.2. The van der Waals surface area contributed by atoms with Crippen molar-refractivity contribution >= 4 is 11.8 Å². The van der Waals surface area contributed by atoms with E-state index in [0.29, 0.717) is 5.82 Å². The molecule has 0 radical (unpaired) electrons. The minimum absolute atomic E-state index is 0.226. The molecule has 1 rings (SSSR count). The molecular formula is C8H14N4O2. The van der Waals surface area contributed by atoms with E-state index in [-0.39, 0.29) is 12.6 Å². The highest BCUT2D eigenvalue weighted by Gasteiger charge is 2.04. The fraction of sp³-hybridized carbons (Fsp3) is 0.500. The molecule has 1 aromatic rings. The third-order valence-corrected chi connectivity index (χ3v) is 1.62. The largest absolute Gasteiger partial charge is 0.392 e. The molecule has 14 heavy (non-hydrogen) atoms. The van der Waals surface area contributed by atoms with Crippen LogP contribution in [-0.4, -0.2) is 33.6 Å². The standard InChI is InChI=1S/C8H14N4O2/c1-6(13)5-9-8(14)11-7-3-4-10-12(7)2/h3-4,6,13H,5H2,1-2H3,(H2,9,11,14). The Hall–Kier alpha value is -1.56. The first-order chi connectivity index (χ1) is 6.59. The number of anilines is 1. The Morgan fingerprint density at radius 3 is 3.00 bits per heavy atom. The van der Waals surface area contributed by atoms with Gasteiger partial charge in [-0.1, -0.05) is 0 Å². The van der Waals surface area contributed by atoms with E-state index in [1.165, 1.54) is 0 Å². The molecule has 0 bridgehead atoms. The van der Waals surface area contributed by atoms with Gasteiger partial charge in [0.15, 0.2) is 0 Å². The highest BCUT2D eigenvalue weighted by atomic mass is 16.3. The monoisotopic (exact) mass is 198 g/mol. The van der Waals surface area contributed by atoms with Crippen molar-refractivity contribution in [2.75, 3.05) is 11.9 Å². The van der Waals surface area contributed by atoms with Crippen molar-refractivity contribution in [2.45, 2.75) is 13.0 Å². The molecule has 1 heterocycles. The zero-order valence-electron chi connectivity index (χ0n) is 8.19. The van der Waals surface area contributed by atoms with Crippen molar-refractivity contribution in [1.29, 1.82) is 0 Å². The average Bonchev–Trinajstić information content (AvgIpc) is 2.49. The summed E-state index contributed by atoms with van der Waals surface area (Å²) in [6.07, 6.45) is 1.04. The summed E-state index contributed by atoms with van der Waals surface area (Å²) >= 11 is 0. The molecule has 0 aliphatic carbocycles. The topological polar surface area (TPSA) is 79.2 Å². The van der Waals surface area contributed by atoms with Crippen LogP contribution in [0.4, 0.5) is 10.6 Å². The van der Waals surface area contributed by atoms with Crippen LogP contribution in [0.1, 0.15) is 6.92 Å². The van der Waals surface area contributed by atoms with Crippen LogP contribution in [0.3, 0.4) is 0 Å². The van der Waals surface area contributed by atoms with E-state index in [1.54, 1.807) is 30.9 Å². The number of nitrogens with one attached hydrogen (secondary N) is 2. The molecule has 0 saturated carbocycles. The van der Waals surface area contributed by atoms with Gasteiger partial charge in [-0.2, -0.15) is 5.10 Å². The summed E-state index contributed by atoms with van der Waals surface area (Å²) in [5.74, 6) is 0.605. The predicted octanol–water partition coefficient (Wildman–Crippen LogP) is -0.0776. The molecule has 1 unspecified atom stereocenters.